The van der Waals surface area contributed by atoms with E-state index in [-0.39, 0.29) is 11.9 Å². The number of para-hydroxylation sites is 1. The van der Waals surface area contributed by atoms with Gasteiger partial charge in [0.1, 0.15) is 5.75 Å². The Hall–Kier alpha value is -0.650. The highest BCUT2D eigenvalue weighted by Gasteiger charge is 2.30. The van der Waals surface area contributed by atoms with Crippen molar-refractivity contribution < 1.29 is 9.53 Å². The zero-order valence-corrected chi connectivity index (χ0v) is 13.1. The van der Waals surface area contributed by atoms with Crippen molar-refractivity contribution in [2.24, 2.45) is 0 Å². The molecular weight excluding hydrogens is 380 g/mol. The Morgan fingerprint density at radius 2 is 2.11 bits per heavy atom. The lowest BCUT2D eigenvalue weighted by molar-refractivity contribution is 0.0829. The number of hydrogen-bond acceptors (Lipinski definition) is 3. The van der Waals surface area contributed by atoms with Crippen molar-refractivity contribution in [1.82, 2.24) is 0 Å². The lowest BCUT2D eigenvalue weighted by Crippen LogP contribution is -2.24. The van der Waals surface area contributed by atoms with Crippen molar-refractivity contribution in [3.05, 3.63) is 49.0 Å². The fraction of sp³-hybridized carbons (Fsp3) is 0.154. The predicted molar refractivity (Wildman–Crippen MR) is 78.6 cm³/mol. The molecule has 18 heavy (non-hydrogen) atoms. The fourth-order valence-corrected chi connectivity index (χ4v) is 3.97. The molecule has 2 aromatic rings. The molecule has 2 nitrogen and oxygen atoms in total. The van der Waals surface area contributed by atoms with E-state index in [0.717, 1.165) is 19.6 Å². The van der Waals surface area contributed by atoms with Gasteiger partial charge >= 0.3 is 0 Å². The minimum absolute atomic E-state index is 0.0441. The van der Waals surface area contributed by atoms with Crippen LogP contribution in [0.2, 0.25) is 0 Å². The number of thiophene rings is 1. The third-order valence-corrected chi connectivity index (χ3v) is 6.10. The molecule has 1 aromatic heterocycles. The number of halogens is 2. The first-order valence-electron chi connectivity index (χ1n) is 5.39. The first-order valence-corrected chi connectivity index (χ1v) is 7.79. The number of carbonyl (C=O) groups is 1. The molecule has 0 fully saturated rings. The molecular formula is C13H8Br2O2S. The number of ether oxygens (including phenoxy) is 1. The molecule has 0 aliphatic carbocycles. The average Bonchev–Trinajstić information content (AvgIpc) is 2.93. The maximum Gasteiger partial charge on any atom is 0.213 e. The molecule has 1 unspecified atom stereocenters. The van der Waals surface area contributed by atoms with Crippen LogP contribution in [0.1, 0.15) is 15.2 Å². The Morgan fingerprint density at radius 1 is 1.33 bits per heavy atom. The molecule has 2 heterocycles. The summed E-state index contributed by atoms with van der Waals surface area (Å²) in [5.41, 5.74) is 1.10. The van der Waals surface area contributed by atoms with E-state index in [1.807, 2.05) is 30.3 Å². The van der Waals surface area contributed by atoms with Crippen LogP contribution in [0.15, 0.2) is 38.6 Å². The molecule has 1 aromatic carbocycles. The van der Waals surface area contributed by atoms with Crippen LogP contribution >= 0.6 is 43.2 Å². The third-order valence-electron chi connectivity index (χ3n) is 2.83. The summed E-state index contributed by atoms with van der Waals surface area (Å²) in [5, 5.41) is 0. The van der Waals surface area contributed by atoms with Gasteiger partial charge in [0.15, 0.2) is 6.10 Å². The number of Topliss-reactive ketones (excluding diaryl/α,β-unsaturated/α-hetero) is 1. The van der Waals surface area contributed by atoms with E-state index in [9.17, 15) is 4.79 Å². The monoisotopic (exact) mass is 386 g/mol. The highest BCUT2D eigenvalue weighted by molar-refractivity contribution is 9.13. The Balaban J connectivity index is 1.84. The molecule has 3 rings (SSSR count). The van der Waals surface area contributed by atoms with Crippen LogP contribution in [-0.4, -0.2) is 11.9 Å². The van der Waals surface area contributed by atoms with Crippen LogP contribution in [0.25, 0.3) is 0 Å². The lowest BCUT2D eigenvalue weighted by atomic mass is 10.1. The first kappa shape index (κ1) is 12.4. The quantitative estimate of drug-likeness (QED) is 0.711. The third kappa shape index (κ3) is 2.15. The van der Waals surface area contributed by atoms with Gasteiger partial charge in [-0.1, -0.05) is 18.2 Å². The summed E-state index contributed by atoms with van der Waals surface area (Å²) in [6, 6.07) is 9.63. The van der Waals surface area contributed by atoms with Crippen LogP contribution in [0.5, 0.6) is 5.75 Å². The van der Waals surface area contributed by atoms with E-state index < -0.39 is 0 Å². The summed E-state index contributed by atoms with van der Waals surface area (Å²) >= 11 is 8.22. The van der Waals surface area contributed by atoms with Crippen LogP contribution in [0.4, 0.5) is 0 Å². The van der Waals surface area contributed by atoms with Gasteiger partial charge in [0.25, 0.3) is 0 Å². The van der Waals surface area contributed by atoms with Crippen molar-refractivity contribution >= 4 is 49.0 Å². The molecule has 0 amide bonds. The molecule has 1 atom stereocenters. The smallest absolute Gasteiger partial charge is 0.213 e. The standard InChI is InChI=1S/C13H8Br2O2S/c14-8-6-11(18-13(8)15)12(16)10-5-7-3-1-2-4-9(7)17-10/h1-4,6,10H,5H2. The van der Waals surface area contributed by atoms with Gasteiger partial charge in [-0.15, -0.1) is 11.3 Å². The van der Waals surface area contributed by atoms with Gasteiger partial charge in [-0.25, -0.2) is 0 Å². The first-order chi connectivity index (χ1) is 8.65. The van der Waals surface area contributed by atoms with Crippen molar-refractivity contribution in [1.29, 1.82) is 0 Å². The fourth-order valence-electron chi connectivity index (χ4n) is 1.96. The number of hydrogen-bond donors (Lipinski definition) is 0. The largest absolute Gasteiger partial charge is 0.482 e. The highest BCUT2D eigenvalue weighted by Crippen LogP contribution is 2.35. The SMILES string of the molecule is O=C(c1cc(Br)c(Br)s1)C1Cc2ccccc2O1. The lowest BCUT2D eigenvalue weighted by Gasteiger charge is -2.07. The van der Waals surface area contributed by atoms with Gasteiger partial charge in [-0.2, -0.15) is 0 Å². The van der Waals surface area contributed by atoms with Gasteiger partial charge < -0.3 is 4.74 Å². The average molecular weight is 388 g/mol. The second-order valence-corrected chi connectivity index (χ2v) is 7.24. The van der Waals surface area contributed by atoms with E-state index in [2.05, 4.69) is 31.9 Å². The zero-order valence-electron chi connectivity index (χ0n) is 9.15. The van der Waals surface area contributed by atoms with Crippen LogP contribution < -0.4 is 4.74 Å². The molecule has 1 aliphatic rings. The normalized spacial score (nSPS) is 17.3. The summed E-state index contributed by atoms with van der Waals surface area (Å²) in [4.78, 5) is 13.0. The minimum Gasteiger partial charge on any atom is -0.482 e. The van der Waals surface area contributed by atoms with E-state index in [1.54, 1.807) is 0 Å². The van der Waals surface area contributed by atoms with Gasteiger partial charge in [0.2, 0.25) is 5.78 Å². The summed E-state index contributed by atoms with van der Waals surface area (Å²) in [7, 11) is 0. The van der Waals surface area contributed by atoms with Gasteiger partial charge in [-0.05, 0) is 49.6 Å². The van der Waals surface area contributed by atoms with E-state index in [0.29, 0.717) is 11.3 Å². The summed E-state index contributed by atoms with van der Waals surface area (Å²) in [6.45, 7) is 0. The summed E-state index contributed by atoms with van der Waals surface area (Å²) < 4.78 is 7.54. The number of benzene rings is 1. The molecule has 5 heteroatoms. The minimum atomic E-state index is -0.389. The topological polar surface area (TPSA) is 26.3 Å². The molecule has 0 spiro atoms. The van der Waals surface area contributed by atoms with Crippen molar-refractivity contribution in [3.8, 4) is 5.75 Å². The highest BCUT2D eigenvalue weighted by atomic mass is 79.9. The van der Waals surface area contributed by atoms with Crippen molar-refractivity contribution in [3.63, 3.8) is 0 Å². The van der Waals surface area contributed by atoms with Crippen LogP contribution in [0, 0.1) is 0 Å². The van der Waals surface area contributed by atoms with E-state index in [1.165, 1.54) is 11.3 Å². The van der Waals surface area contributed by atoms with Crippen LogP contribution in [-0.2, 0) is 6.42 Å². The maximum absolute atomic E-state index is 12.3. The Morgan fingerprint density at radius 3 is 2.78 bits per heavy atom. The summed E-state index contributed by atoms with van der Waals surface area (Å²) in [5.74, 6) is 0.869. The van der Waals surface area contributed by atoms with E-state index >= 15 is 0 Å². The molecule has 0 radical (unpaired) electrons. The molecule has 0 saturated heterocycles. The van der Waals surface area contributed by atoms with Gasteiger partial charge in [0.05, 0.1) is 8.66 Å². The second-order valence-electron chi connectivity index (χ2n) is 4.01. The molecule has 0 saturated carbocycles. The molecule has 1 aliphatic heterocycles. The van der Waals surface area contributed by atoms with E-state index in [4.69, 9.17) is 4.74 Å². The van der Waals surface area contributed by atoms with Crippen molar-refractivity contribution in [2.45, 2.75) is 12.5 Å². The number of ketones is 1. The Bertz CT molecular complexity index is 577. The molecule has 0 N–H and O–H groups in total. The maximum atomic E-state index is 12.3. The van der Waals surface area contributed by atoms with Gasteiger partial charge in [-0.3, -0.25) is 4.79 Å². The van der Waals surface area contributed by atoms with Gasteiger partial charge in [0, 0.05) is 10.9 Å². The number of carbonyl (C=O) groups excluding carboxylic acids is 1. The zero-order chi connectivity index (χ0) is 12.7. The second kappa shape index (κ2) is 4.79. The molecule has 0 bridgehead atoms. The predicted octanol–water partition coefficient (Wildman–Crippen LogP) is 4.46. The Kier molecular flexibility index (Phi) is 3.30. The van der Waals surface area contributed by atoms with Crippen molar-refractivity contribution in [2.75, 3.05) is 0 Å². The molecule has 92 valence electrons. The number of rotatable bonds is 2. The summed E-state index contributed by atoms with van der Waals surface area (Å²) in [6.07, 6.45) is 0.266. The number of fused-ring (bicyclic) bond motifs is 1. The van der Waals surface area contributed by atoms with Crippen LogP contribution in [0.3, 0.4) is 0 Å². The Labute approximate surface area is 125 Å².